The number of halogens is 3. The first-order chi connectivity index (χ1) is 13.2. The molecular formula is C18H16Cl3N3O3S. The molecule has 0 bridgehead atoms. The van der Waals surface area contributed by atoms with E-state index in [1.165, 1.54) is 18.2 Å². The van der Waals surface area contributed by atoms with Crippen LogP contribution in [0.5, 0.6) is 5.75 Å². The number of carbonyl (C=O) groups excluding carboxylic acids is 2. The summed E-state index contributed by atoms with van der Waals surface area (Å²) in [6, 6.07) is 7.84. The minimum Gasteiger partial charge on any atom is -0.484 e. The maximum Gasteiger partial charge on any atom is 0.276 e. The minimum absolute atomic E-state index is 0.104. The quantitative estimate of drug-likeness (QED) is 0.475. The molecule has 0 saturated carbocycles. The van der Waals surface area contributed by atoms with Crippen LogP contribution in [-0.2, 0) is 4.79 Å². The van der Waals surface area contributed by atoms with Crippen LogP contribution in [0.15, 0.2) is 30.3 Å². The minimum atomic E-state index is -0.528. The number of amides is 2. The van der Waals surface area contributed by atoms with Crippen LogP contribution >= 0.6 is 47.0 Å². The third-order valence-electron chi connectivity index (χ3n) is 3.45. The van der Waals surface area contributed by atoms with Gasteiger partial charge in [0.1, 0.15) is 5.75 Å². The van der Waals surface area contributed by atoms with Crippen LogP contribution in [0.25, 0.3) is 0 Å². The van der Waals surface area contributed by atoms with Crippen molar-refractivity contribution in [3.8, 4) is 5.75 Å². The Labute approximate surface area is 182 Å². The molecule has 0 saturated heterocycles. The number of benzene rings is 2. The molecule has 0 atom stereocenters. The molecule has 3 N–H and O–H groups in total. The molecule has 0 unspecified atom stereocenters. The lowest BCUT2D eigenvalue weighted by Gasteiger charge is -2.12. The Morgan fingerprint density at radius 2 is 1.54 bits per heavy atom. The Balaban J connectivity index is 1.80. The highest BCUT2D eigenvalue weighted by Crippen LogP contribution is 2.25. The zero-order valence-corrected chi connectivity index (χ0v) is 17.9. The number of hydrogen-bond donors (Lipinski definition) is 3. The molecular weight excluding hydrogens is 445 g/mol. The van der Waals surface area contributed by atoms with Crippen molar-refractivity contribution in [3.05, 3.63) is 62.1 Å². The molecule has 2 amide bonds. The van der Waals surface area contributed by atoms with E-state index in [2.05, 4.69) is 16.2 Å². The average Bonchev–Trinajstić information content (AvgIpc) is 2.61. The zero-order chi connectivity index (χ0) is 20.8. The highest BCUT2D eigenvalue weighted by atomic mass is 35.5. The van der Waals surface area contributed by atoms with E-state index in [-0.39, 0.29) is 17.3 Å². The lowest BCUT2D eigenvalue weighted by molar-refractivity contribution is -0.123. The van der Waals surface area contributed by atoms with Crippen LogP contribution in [0.3, 0.4) is 0 Å². The second-order valence-electron chi connectivity index (χ2n) is 5.77. The van der Waals surface area contributed by atoms with Gasteiger partial charge in [-0.3, -0.25) is 25.8 Å². The SMILES string of the molecule is Cc1cc(OCC(=O)NNC(=S)NC(=O)c2cc(Cl)cc(Cl)c2)cc(C)c1Cl. The highest BCUT2D eigenvalue weighted by Gasteiger charge is 2.11. The van der Waals surface area contributed by atoms with E-state index in [4.69, 9.17) is 51.8 Å². The van der Waals surface area contributed by atoms with E-state index in [0.717, 1.165) is 11.1 Å². The van der Waals surface area contributed by atoms with Crippen molar-refractivity contribution in [2.24, 2.45) is 0 Å². The summed E-state index contributed by atoms with van der Waals surface area (Å²) in [6.45, 7) is 3.43. The summed E-state index contributed by atoms with van der Waals surface area (Å²) in [5.74, 6) is -0.504. The molecule has 0 spiro atoms. The number of hydrazine groups is 1. The Bertz CT molecular complexity index is 894. The van der Waals surface area contributed by atoms with E-state index in [1.54, 1.807) is 12.1 Å². The highest BCUT2D eigenvalue weighted by molar-refractivity contribution is 7.80. The molecule has 0 aliphatic rings. The maximum absolute atomic E-state index is 12.1. The summed E-state index contributed by atoms with van der Waals surface area (Å²) in [4.78, 5) is 24.0. The summed E-state index contributed by atoms with van der Waals surface area (Å²) >= 11 is 22.8. The molecule has 0 fully saturated rings. The van der Waals surface area contributed by atoms with Gasteiger partial charge in [0, 0.05) is 20.6 Å². The first-order valence-corrected chi connectivity index (χ1v) is 9.45. The monoisotopic (exact) mass is 459 g/mol. The number of aryl methyl sites for hydroxylation is 2. The standard InChI is InChI=1S/C18H16Cl3N3O3S/c1-9-3-14(4-10(2)16(9)21)27-8-15(25)23-24-18(28)22-17(26)11-5-12(19)7-13(20)6-11/h3-7H,8H2,1-2H3,(H,23,25)(H2,22,24,26,28). The third kappa shape index (κ3) is 6.53. The van der Waals surface area contributed by atoms with Gasteiger partial charge in [0.25, 0.3) is 11.8 Å². The summed E-state index contributed by atoms with van der Waals surface area (Å²) in [5, 5.41) is 3.57. The first kappa shape index (κ1) is 22.2. The summed E-state index contributed by atoms with van der Waals surface area (Å²) in [7, 11) is 0. The van der Waals surface area contributed by atoms with Gasteiger partial charge in [-0.1, -0.05) is 34.8 Å². The number of thiocarbonyl (C=S) groups is 1. The topological polar surface area (TPSA) is 79.5 Å². The van der Waals surface area contributed by atoms with Crippen LogP contribution in [0.4, 0.5) is 0 Å². The number of hydrogen-bond acceptors (Lipinski definition) is 4. The Hall–Kier alpha value is -2.06. The number of rotatable bonds is 4. The van der Waals surface area contributed by atoms with E-state index in [9.17, 15) is 9.59 Å². The molecule has 6 nitrogen and oxygen atoms in total. The molecule has 0 aromatic heterocycles. The molecule has 148 valence electrons. The average molecular weight is 461 g/mol. The van der Waals surface area contributed by atoms with E-state index in [1.807, 2.05) is 13.8 Å². The van der Waals surface area contributed by atoms with Crippen LogP contribution in [0.1, 0.15) is 21.5 Å². The van der Waals surface area contributed by atoms with Crippen molar-refractivity contribution in [1.82, 2.24) is 16.2 Å². The van der Waals surface area contributed by atoms with Crippen molar-refractivity contribution in [2.75, 3.05) is 6.61 Å². The molecule has 0 radical (unpaired) electrons. The Morgan fingerprint density at radius 3 is 2.11 bits per heavy atom. The number of ether oxygens (including phenoxy) is 1. The molecule has 28 heavy (non-hydrogen) atoms. The maximum atomic E-state index is 12.1. The van der Waals surface area contributed by atoms with Crippen LogP contribution in [0, 0.1) is 13.8 Å². The molecule has 0 aliphatic heterocycles. The lowest BCUT2D eigenvalue weighted by Crippen LogP contribution is -2.49. The van der Waals surface area contributed by atoms with Gasteiger partial charge in [0.15, 0.2) is 11.7 Å². The molecule has 2 aromatic rings. The van der Waals surface area contributed by atoms with Gasteiger partial charge >= 0.3 is 0 Å². The predicted octanol–water partition coefficient (Wildman–Crippen LogP) is 3.98. The van der Waals surface area contributed by atoms with Gasteiger partial charge < -0.3 is 4.74 Å². The molecule has 10 heteroatoms. The normalized spacial score (nSPS) is 10.2. The molecule has 2 aromatic carbocycles. The van der Waals surface area contributed by atoms with Crippen LogP contribution in [-0.4, -0.2) is 23.5 Å². The number of nitrogens with one attached hydrogen (secondary N) is 3. The van der Waals surface area contributed by atoms with Gasteiger partial charge in [0.2, 0.25) is 0 Å². The van der Waals surface area contributed by atoms with Gasteiger partial charge in [-0.05, 0) is 67.5 Å². The summed E-state index contributed by atoms with van der Waals surface area (Å²) in [6.07, 6.45) is 0. The zero-order valence-electron chi connectivity index (χ0n) is 14.9. The summed E-state index contributed by atoms with van der Waals surface area (Å²) < 4.78 is 5.42. The van der Waals surface area contributed by atoms with Crippen molar-refractivity contribution in [2.45, 2.75) is 13.8 Å². The van der Waals surface area contributed by atoms with Crippen molar-refractivity contribution in [1.29, 1.82) is 0 Å². The Kier molecular flexibility index (Phi) is 7.88. The van der Waals surface area contributed by atoms with Crippen LogP contribution < -0.4 is 20.9 Å². The largest absolute Gasteiger partial charge is 0.484 e. The molecule has 0 aliphatic carbocycles. The molecule has 2 rings (SSSR count). The van der Waals surface area contributed by atoms with Crippen molar-refractivity contribution < 1.29 is 14.3 Å². The van der Waals surface area contributed by atoms with Gasteiger partial charge in [-0.25, -0.2) is 0 Å². The number of carbonyl (C=O) groups is 2. The smallest absolute Gasteiger partial charge is 0.276 e. The van der Waals surface area contributed by atoms with E-state index >= 15 is 0 Å². The fourth-order valence-corrected chi connectivity index (χ4v) is 2.97. The summed E-state index contributed by atoms with van der Waals surface area (Å²) in [5.41, 5.74) is 6.66. The molecule has 0 heterocycles. The third-order valence-corrected chi connectivity index (χ3v) is 4.68. The van der Waals surface area contributed by atoms with Crippen LogP contribution in [0.2, 0.25) is 15.1 Å². The first-order valence-electron chi connectivity index (χ1n) is 7.91. The van der Waals surface area contributed by atoms with Gasteiger partial charge in [0.05, 0.1) is 0 Å². The van der Waals surface area contributed by atoms with E-state index in [0.29, 0.717) is 20.8 Å². The Morgan fingerprint density at radius 1 is 0.964 bits per heavy atom. The predicted molar refractivity (Wildman–Crippen MR) is 114 cm³/mol. The lowest BCUT2D eigenvalue weighted by atomic mass is 10.1. The van der Waals surface area contributed by atoms with Crippen molar-refractivity contribution in [3.63, 3.8) is 0 Å². The van der Waals surface area contributed by atoms with Crippen molar-refractivity contribution >= 4 is 63.9 Å². The fraction of sp³-hybridized carbons (Fsp3) is 0.167. The van der Waals surface area contributed by atoms with E-state index < -0.39 is 11.8 Å². The second kappa shape index (κ2) is 9.93. The second-order valence-corrected chi connectivity index (χ2v) is 7.43. The van der Waals surface area contributed by atoms with Gasteiger partial charge in [-0.2, -0.15) is 0 Å². The van der Waals surface area contributed by atoms with Gasteiger partial charge in [-0.15, -0.1) is 0 Å². The fourth-order valence-electron chi connectivity index (χ4n) is 2.19.